The van der Waals surface area contributed by atoms with Crippen molar-refractivity contribution in [2.24, 2.45) is 0 Å². The fourth-order valence-corrected chi connectivity index (χ4v) is 2.83. The van der Waals surface area contributed by atoms with Gasteiger partial charge in [-0.05, 0) is 52.3 Å². The zero-order valence-corrected chi connectivity index (χ0v) is 11.8. The highest BCUT2D eigenvalue weighted by molar-refractivity contribution is 9.11. The number of allylic oxidation sites excluding steroid dienone is 1. The van der Waals surface area contributed by atoms with E-state index in [9.17, 15) is 4.79 Å². The zero-order chi connectivity index (χ0) is 12.3. The number of carbonyl (C=O) groups excluding carboxylic acids is 1. The highest BCUT2D eigenvalue weighted by Crippen LogP contribution is 2.23. The molecular weight excluding hydrogens is 320 g/mol. The van der Waals surface area contributed by atoms with Gasteiger partial charge in [0, 0.05) is 15.5 Å². The summed E-state index contributed by atoms with van der Waals surface area (Å²) in [4.78, 5) is 12.9. The van der Waals surface area contributed by atoms with E-state index in [0.717, 1.165) is 8.66 Å². The summed E-state index contributed by atoms with van der Waals surface area (Å²) in [6, 6.07) is 10.8. The van der Waals surface area contributed by atoms with E-state index < -0.39 is 0 Å². The fraction of sp³-hybridized carbons (Fsp3) is 0. The second-order valence-electron chi connectivity index (χ2n) is 3.35. The molecule has 0 N–H and O–H groups in total. The van der Waals surface area contributed by atoms with Crippen molar-refractivity contribution in [2.45, 2.75) is 0 Å². The summed E-state index contributed by atoms with van der Waals surface area (Å²) in [6.45, 7) is 0. The number of ketones is 1. The lowest BCUT2D eigenvalue weighted by atomic mass is 10.1. The van der Waals surface area contributed by atoms with Crippen LogP contribution in [-0.2, 0) is 0 Å². The molecule has 1 aromatic heterocycles. The first-order valence-corrected chi connectivity index (χ1v) is 6.87. The van der Waals surface area contributed by atoms with Crippen LogP contribution < -0.4 is 0 Å². The molecule has 1 heterocycles. The zero-order valence-electron chi connectivity index (χ0n) is 8.69. The predicted octanol–water partition coefficient (Wildman–Crippen LogP) is 5.06. The maximum Gasteiger partial charge on any atom is 0.185 e. The summed E-state index contributed by atoms with van der Waals surface area (Å²) >= 11 is 10.8. The lowest BCUT2D eigenvalue weighted by Gasteiger charge is -1.95. The number of benzene rings is 1. The van der Waals surface area contributed by atoms with Crippen LogP contribution in [0.4, 0.5) is 0 Å². The molecule has 0 spiro atoms. The molecule has 0 saturated carbocycles. The Bertz CT molecular complexity index is 574. The van der Waals surface area contributed by atoms with E-state index in [1.165, 1.54) is 0 Å². The molecule has 1 aromatic carbocycles. The lowest BCUT2D eigenvalue weighted by Crippen LogP contribution is -1.92. The minimum absolute atomic E-state index is 0.0444. The molecule has 4 heteroatoms. The van der Waals surface area contributed by atoms with Gasteiger partial charge in [0.15, 0.2) is 5.78 Å². The lowest BCUT2D eigenvalue weighted by molar-refractivity contribution is 0.104. The van der Waals surface area contributed by atoms with Crippen LogP contribution in [-0.4, -0.2) is 5.78 Å². The summed E-state index contributed by atoms with van der Waals surface area (Å²) in [5.41, 5.74) is 0.601. The van der Waals surface area contributed by atoms with Gasteiger partial charge >= 0.3 is 0 Å². The fourth-order valence-electron chi connectivity index (χ4n) is 1.31. The number of hydrogen-bond acceptors (Lipinski definition) is 2. The molecule has 1 nitrogen and oxygen atoms in total. The smallest absolute Gasteiger partial charge is 0.185 e. The summed E-state index contributed by atoms with van der Waals surface area (Å²) in [5, 5.41) is 0.572. The van der Waals surface area contributed by atoms with Gasteiger partial charge in [0.25, 0.3) is 0 Å². The third kappa shape index (κ3) is 3.53. The molecule has 2 rings (SSSR count). The molecule has 0 bridgehead atoms. The second kappa shape index (κ2) is 5.63. The highest BCUT2D eigenvalue weighted by atomic mass is 79.9. The minimum atomic E-state index is -0.0444. The average molecular weight is 328 g/mol. The van der Waals surface area contributed by atoms with Crippen LogP contribution in [0.1, 0.15) is 15.2 Å². The summed E-state index contributed by atoms with van der Waals surface area (Å²) in [6.07, 6.45) is 3.36. The van der Waals surface area contributed by atoms with Crippen molar-refractivity contribution in [3.63, 3.8) is 0 Å². The van der Waals surface area contributed by atoms with Crippen LogP contribution in [0.25, 0.3) is 6.08 Å². The Morgan fingerprint density at radius 2 is 2.12 bits per heavy atom. The van der Waals surface area contributed by atoms with E-state index in [-0.39, 0.29) is 5.78 Å². The maximum absolute atomic E-state index is 11.8. The number of halogens is 2. The van der Waals surface area contributed by atoms with Gasteiger partial charge in [-0.25, -0.2) is 0 Å². The molecule has 17 heavy (non-hydrogen) atoms. The van der Waals surface area contributed by atoms with Gasteiger partial charge in [-0.2, -0.15) is 0 Å². The van der Waals surface area contributed by atoms with Crippen molar-refractivity contribution in [1.82, 2.24) is 0 Å². The number of hydrogen-bond donors (Lipinski definition) is 0. The Balaban J connectivity index is 2.14. The van der Waals surface area contributed by atoms with Gasteiger partial charge in [0.1, 0.15) is 0 Å². The molecule has 0 atom stereocenters. The third-order valence-corrected chi connectivity index (χ3v) is 3.93. The van der Waals surface area contributed by atoms with Gasteiger partial charge in [-0.1, -0.05) is 23.7 Å². The first-order chi connectivity index (χ1) is 8.15. The van der Waals surface area contributed by atoms with Crippen molar-refractivity contribution in [2.75, 3.05) is 0 Å². The molecule has 0 saturated heterocycles. The van der Waals surface area contributed by atoms with Crippen LogP contribution in [0.2, 0.25) is 5.02 Å². The van der Waals surface area contributed by atoms with Gasteiger partial charge in [0.05, 0.1) is 3.79 Å². The molecule has 86 valence electrons. The van der Waals surface area contributed by atoms with Gasteiger partial charge in [0.2, 0.25) is 0 Å². The first-order valence-electron chi connectivity index (χ1n) is 4.88. The van der Waals surface area contributed by atoms with Crippen molar-refractivity contribution in [3.05, 3.63) is 61.7 Å². The highest BCUT2D eigenvalue weighted by Gasteiger charge is 2.02. The monoisotopic (exact) mass is 326 g/mol. The largest absolute Gasteiger partial charge is 0.289 e. The van der Waals surface area contributed by atoms with E-state index in [1.54, 1.807) is 47.8 Å². The Morgan fingerprint density at radius 3 is 2.76 bits per heavy atom. The molecule has 0 aliphatic rings. The Labute approximate surface area is 117 Å². The SMILES string of the molecule is O=C(/C=C/c1ccc(Br)s1)c1cccc(Cl)c1. The Kier molecular flexibility index (Phi) is 4.15. The van der Waals surface area contributed by atoms with Crippen LogP contribution in [0.5, 0.6) is 0 Å². The number of carbonyl (C=O) groups is 1. The molecule has 2 aromatic rings. The van der Waals surface area contributed by atoms with E-state index in [0.29, 0.717) is 10.6 Å². The topological polar surface area (TPSA) is 17.1 Å². The van der Waals surface area contributed by atoms with Crippen molar-refractivity contribution >= 4 is 50.7 Å². The normalized spacial score (nSPS) is 10.9. The predicted molar refractivity (Wildman–Crippen MR) is 76.8 cm³/mol. The van der Waals surface area contributed by atoms with Gasteiger partial charge < -0.3 is 0 Å². The third-order valence-electron chi connectivity index (χ3n) is 2.10. The van der Waals surface area contributed by atoms with Crippen LogP contribution in [0.3, 0.4) is 0 Å². The van der Waals surface area contributed by atoms with Crippen molar-refractivity contribution in [1.29, 1.82) is 0 Å². The quantitative estimate of drug-likeness (QED) is 0.569. The number of thiophene rings is 1. The molecule has 0 amide bonds. The van der Waals surface area contributed by atoms with E-state index in [4.69, 9.17) is 11.6 Å². The van der Waals surface area contributed by atoms with Crippen LogP contribution in [0, 0.1) is 0 Å². The van der Waals surface area contributed by atoms with Gasteiger partial charge in [-0.3, -0.25) is 4.79 Å². The molecule has 0 aliphatic heterocycles. The number of rotatable bonds is 3. The second-order valence-corrected chi connectivity index (χ2v) is 6.28. The van der Waals surface area contributed by atoms with E-state index >= 15 is 0 Å². The molecule has 0 unspecified atom stereocenters. The van der Waals surface area contributed by atoms with Gasteiger partial charge in [-0.15, -0.1) is 11.3 Å². The maximum atomic E-state index is 11.8. The molecule has 0 aliphatic carbocycles. The minimum Gasteiger partial charge on any atom is -0.289 e. The molecule has 0 radical (unpaired) electrons. The van der Waals surface area contributed by atoms with E-state index in [2.05, 4.69) is 15.9 Å². The average Bonchev–Trinajstić information content (AvgIpc) is 2.72. The van der Waals surface area contributed by atoms with E-state index in [1.807, 2.05) is 12.1 Å². The van der Waals surface area contributed by atoms with Crippen molar-refractivity contribution < 1.29 is 4.79 Å². The Morgan fingerprint density at radius 1 is 1.29 bits per heavy atom. The summed E-state index contributed by atoms with van der Waals surface area (Å²) < 4.78 is 1.05. The summed E-state index contributed by atoms with van der Waals surface area (Å²) in [5.74, 6) is -0.0444. The standard InChI is InChI=1S/C13H8BrClOS/c14-13-7-5-11(17-13)4-6-12(16)9-2-1-3-10(15)8-9/h1-8H/b6-4+. The van der Waals surface area contributed by atoms with Crippen molar-refractivity contribution in [3.8, 4) is 0 Å². The van der Waals surface area contributed by atoms with Crippen LogP contribution >= 0.6 is 38.9 Å². The summed E-state index contributed by atoms with van der Waals surface area (Å²) in [7, 11) is 0. The Hall–Kier alpha value is -0.900. The first kappa shape index (κ1) is 12.6. The molecule has 0 fully saturated rings. The van der Waals surface area contributed by atoms with Crippen LogP contribution in [0.15, 0.2) is 46.3 Å². The molecular formula is C13H8BrClOS.